The number of likely N-dealkylation sites (tertiary alicyclic amines) is 1. The van der Waals surface area contributed by atoms with Crippen molar-refractivity contribution in [3.05, 3.63) is 65.7 Å². The van der Waals surface area contributed by atoms with Crippen LogP contribution in [0.25, 0.3) is 0 Å². The molecule has 4 nitrogen and oxygen atoms in total. The van der Waals surface area contributed by atoms with Crippen molar-refractivity contribution in [2.24, 2.45) is 0 Å². The SMILES string of the molecule is COc1ccc(CNCCC2CCC(=O)N2CCc2ccccc2)cc1. The van der Waals surface area contributed by atoms with Gasteiger partial charge in [-0.2, -0.15) is 0 Å². The first-order valence-corrected chi connectivity index (χ1v) is 9.43. The topological polar surface area (TPSA) is 41.6 Å². The van der Waals surface area contributed by atoms with Crippen LogP contribution in [-0.4, -0.2) is 37.0 Å². The van der Waals surface area contributed by atoms with Crippen molar-refractivity contribution in [1.29, 1.82) is 0 Å². The van der Waals surface area contributed by atoms with Gasteiger partial charge in [-0.3, -0.25) is 4.79 Å². The van der Waals surface area contributed by atoms with Crippen LogP contribution in [0.1, 0.15) is 30.4 Å². The van der Waals surface area contributed by atoms with E-state index in [4.69, 9.17) is 4.74 Å². The molecule has 26 heavy (non-hydrogen) atoms. The lowest BCUT2D eigenvalue weighted by Crippen LogP contribution is -2.36. The number of benzene rings is 2. The van der Waals surface area contributed by atoms with Crippen LogP contribution in [0, 0.1) is 0 Å². The quantitative estimate of drug-likeness (QED) is 0.703. The summed E-state index contributed by atoms with van der Waals surface area (Å²) < 4.78 is 5.18. The minimum absolute atomic E-state index is 0.307. The van der Waals surface area contributed by atoms with Gasteiger partial charge in [-0.05, 0) is 49.1 Å². The molecule has 3 rings (SSSR count). The number of carbonyl (C=O) groups is 1. The molecule has 0 aromatic heterocycles. The molecule has 0 spiro atoms. The van der Waals surface area contributed by atoms with Crippen LogP contribution in [0.15, 0.2) is 54.6 Å². The average Bonchev–Trinajstić information content (AvgIpc) is 3.04. The van der Waals surface area contributed by atoms with Gasteiger partial charge in [0.1, 0.15) is 5.75 Å². The van der Waals surface area contributed by atoms with Crippen LogP contribution in [-0.2, 0) is 17.8 Å². The monoisotopic (exact) mass is 352 g/mol. The van der Waals surface area contributed by atoms with E-state index in [-0.39, 0.29) is 0 Å². The number of nitrogens with one attached hydrogen (secondary N) is 1. The van der Waals surface area contributed by atoms with Crippen LogP contribution >= 0.6 is 0 Å². The van der Waals surface area contributed by atoms with Gasteiger partial charge in [-0.1, -0.05) is 42.5 Å². The van der Waals surface area contributed by atoms with Crippen molar-refractivity contribution in [2.75, 3.05) is 20.2 Å². The molecule has 1 unspecified atom stereocenters. The lowest BCUT2D eigenvalue weighted by molar-refractivity contribution is -0.129. The first kappa shape index (κ1) is 18.5. The highest BCUT2D eigenvalue weighted by Gasteiger charge is 2.29. The van der Waals surface area contributed by atoms with E-state index in [1.54, 1.807) is 7.11 Å². The third-order valence-electron chi connectivity index (χ3n) is 5.08. The van der Waals surface area contributed by atoms with Crippen LogP contribution in [0.2, 0.25) is 0 Å². The highest BCUT2D eigenvalue weighted by Crippen LogP contribution is 2.21. The van der Waals surface area contributed by atoms with Crippen LogP contribution in [0.3, 0.4) is 0 Å². The Bertz CT molecular complexity index is 685. The van der Waals surface area contributed by atoms with Crippen molar-refractivity contribution in [2.45, 2.75) is 38.3 Å². The highest BCUT2D eigenvalue weighted by molar-refractivity contribution is 5.78. The molecule has 1 heterocycles. The van der Waals surface area contributed by atoms with E-state index in [1.165, 1.54) is 11.1 Å². The Balaban J connectivity index is 1.41. The Morgan fingerprint density at radius 2 is 1.85 bits per heavy atom. The third kappa shape index (κ3) is 5.09. The Morgan fingerprint density at radius 1 is 1.08 bits per heavy atom. The second-order valence-electron chi connectivity index (χ2n) is 6.83. The van der Waals surface area contributed by atoms with Gasteiger partial charge in [0, 0.05) is 25.6 Å². The van der Waals surface area contributed by atoms with Crippen molar-refractivity contribution >= 4 is 5.91 Å². The normalized spacial score (nSPS) is 16.9. The minimum Gasteiger partial charge on any atom is -0.497 e. The lowest BCUT2D eigenvalue weighted by atomic mass is 10.1. The van der Waals surface area contributed by atoms with Crippen LogP contribution in [0.5, 0.6) is 5.75 Å². The zero-order valence-electron chi connectivity index (χ0n) is 15.5. The molecule has 0 radical (unpaired) electrons. The Hall–Kier alpha value is -2.33. The van der Waals surface area contributed by atoms with Gasteiger partial charge in [0.05, 0.1) is 7.11 Å². The maximum absolute atomic E-state index is 12.2. The summed E-state index contributed by atoms with van der Waals surface area (Å²) in [5.74, 6) is 1.19. The largest absolute Gasteiger partial charge is 0.497 e. The van der Waals surface area contributed by atoms with Gasteiger partial charge < -0.3 is 15.0 Å². The van der Waals surface area contributed by atoms with E-state index in [1.807, 2.05) is 18.2 Å². The molecule has 1 aliphatic rings. The second kappa shape index (κ2) is 9.39. The lowest BCUT2D eigenvalue weighted by Gasteiger charge is -2.25. The van der Waals surface area contributed by atoms with E-state index in [9.17, 15) is 4.79 Å². The molecular weight excluding hydrogens is 324 g/mol. The number of nitrogens with zero attached hydrogens (tertiary/aromatic N) is 1. The molecule has 138 valence electrons. The predicted molar refractivity (Wildman–Crippen MR) is 104 cm³/mol. The number of carbonyl (C=O) groups excluding carboxylic acids is 1. The summed E-state index contributed by atoms with van der Waals surface area (Å²) in [5, 5.41) is 3.50. The maximum atomic E-state index is 12.2. The highest BCUT2D eigenvalue weighted by atomic mass is 16.5. The molecule has 0 saturated carbocycles. The minimum atomic E-state index is 0.307. The van der Waals surface area contributed by atoms with Crippen molar-refractivity contribution in [3.63, 3.8) is 0 Å². The number of ether oxygens (including phenoxy) is 1. The summed E-state index contributed by atoms with van der Waals surface area (Å²) in [6, 6.07) is 18.9. The molecule has 1 amide bonds. The number of hydrogen-bond donors (Lipinski definition) is 1. The van der Waals surface area contributed by atoms with Crippen molar-refractivity contribution in [1.82, 2.24) is 10.2 Å². The van der Waals surface area contributed by atoms with E-state index in [0.29, 0.717) is 18.4 Å². The predicted octanol–water partition coefficient (Wildman–Crippen LogP) is 3.41. The fraction of sp³-hybridized carbons (Fsp3) is 0.409. The van der Waals surface area contributed by atoms with Crippen LogP contribution in [0.4, 0.5) is 0 Å². The Kier molecular flexibility index (Phi) is 6.67. The summed E-state index contributed by atoms with van der Waals surface area (Å²) in [6.07, 6.45) is 3.62. The van der Waals surface area contributed by atoms with Gasteiger partial charge in [0.2, 0.25) is 5.91 Å². The average molecular weight is 352 g/mol. The number of amides is 1. The number of rotatable bonds is 9. The van der Waals surface area contributed by atoms with Gasteiger partial charge in [0.25, 0.3) is 0 Å². The first-order valence-electron chi connectivity index (χ1n) is 9.43. The zero-order chi connectivity index (χ0) is 18.2. The van der Waals surface area contributed by atoms with E-state index >= 15 is 0 Å². The summed E-state index contributed by atoms with van der Waals surface area (Å²) >= 11 is 0. The molecule has 4 heteroatoms. The first-order chi connectivity index (χ1) is 12.8. The molecular formula is C22H28N2O2. The zero-order valence-corrected chi connectivity index (χ0v) is 15.5. The standard InChI is InChI=1S/C22H28N2O2/c1-26-21-10-7-19(8-11-21)17-23-15-13-20-9-12-22(25)24(20)16-14-18-5-3-2-4-6-18/h2-8,10-11,20,23H,9,12-17H2,1H3. The Labute approximate surface area is 156 Å². The molecule has 1 saturated heterocycles. The second-order valence-corrected chi connectivity index (χ2v) is 6.83. The fourth-order valence-electron chi connectivity index (χ4n) is 3.54. The summed E-state index contributed by atoms with van der Waals surface area (Å²) in [5.41, 5.74) is 2.54. The van der Waals surface area contributed by atoms with Gasteiger partial charge in [0.15, 0.2) is 0 Å². The summed E-state index contributed by atoms with van der Waals surface area (Å²) in [7, 11) is 1.68. The third-order valence-corrected chi connectivity index (χ3v) is 5.08. The van der Waals surface area contributed by atoms with Crippen LogP contribution < -0.4 is 10.1 Å². The van der Waals surface area contributed by atoms with E-state index < -0.39 is 0 Å². The van der Waals surface area contributed by atoms with Crippen molar-refractivity contribution in [3.8, 4) is 5.75 Å². The molecule has 1 N–H and O–H groups in total. The van der Waals surface area contributed by atoms with Gasteiger partial charge >= 0.3 is 0 Å². The molecule has 0 aliphatic carbocycles. The number of hydrogen-bond acceptors (Lipinski definition) is 3. The van der Waals surface area contributed by atoms with E-state index in [2.05, 4.69) is 46.6 Å². The molecule has 1 fully saturated rings. The summed E-state index contributed by atoms with van der Waals surface area (Å²) in [6.45, 7) is 2.59. The van der Waals surface area contributed by atoms with Gasteiger partial charge in [-0.15, -0.1) is 0 Å². The fourth-order valence-corrected chi connectivity index (χ4v) is 3.54. The van der Waals surface area contributed by atoms with E-state index in [0.717, 1.165) is 44.6 Å². The molecule has 0 bridgehead atoms. The smallest absolute Gasteiger partial charge is 0.222 e. The summed E-state index contributed by atoms with van der Waals surface area (Å²) in [4.78, 5) is 14.3. The molecule has 2 aromatic rings. The van der Waals surface area contributed by atoms with Crippen molar-refractivity contribution < 1.29 is 9.53 Å². The molecule has 2 aromatic carbocycles. The Morgan fingerprint density at radius 3 is 2.58 bits per heavy atom. The maximum Gasteiger partial charge on any atom is 0.222 e. The van der Waals surface area contributed by atoms with Gasteiger partial charge in [-0.25, -0.2) is 0 Å². The number of methoxy groups -OCH3 is 1. The molecule has 1 aliphatic heterocycles. The molecule has 1 atom stereocenters.